The van der Waals surface area contributed by atoms with Crippen molar-refractivity contribution in [3.05, 3.63) is 16.1 Å². The van der Waals surface area contributed by atoms with Crippen LogP contribution in [-0.2, 0) is 27.1 Å². The largest absolute Gasteiger partial charge is 0.478 e. The van der Waals surface area contributed by atoms with Gasteiger partial charge < -0.3 is 9.84 Å². The molecule has 4 nitrogen and oxygen atoms in total. The standard InChI is InChI=1S/C8H9NO3S.Ag/c1-4-6(8(10)11)7(9-13-4)5-2-12-3-5;/h5H,2-3H2,1H3,(H,10,11);. The molecule has 0 aliphatic carbocycles. The third kappa shape index (κ3) is 1.92. The van der Waals surface area contributed by atoms with Crippen molar-refractivity contribution in [2.75, 3.05) is 13.2 Å². The Morgan fingerprint density at radius 3 is 2.71 bits per heavy atom. The molecule has 1 aliphatic rings. The third-order valence-corrected chi connectivity index (χ3v) is 2.89. The van der Waals surface area contributed by atoms with Gasteiger partial charge in [-0.25, -0.2) is 4.79 Å². The number of carbonyl (C=O) groups is 1. The number of hydrogen-bond acceptors (Lipinski definition) is 4. The van der Waals surface area contributed by atoms with E-state index in [-0.39, 0.29) is 28.3 Å². The monoisotopic (exact) mass is 306 g/mol. The maximum atomic E-state index is 10.9. The topological polar surface area (TPSA) is 59.4 Å². The van der Waals surface area contributed by atoms with Crippen molar-refractivity contribution < 1.29 is 37.0 Å². The van der Waals surface area contributed by atoms with Gasteiger partial charge in [0.1, 0.15) is 0 Å². The Hall–Kier alpha value is -0.200. The van der Waals surface area contributed by atoms with E-state index >= 15 is 0 Å². The van der Waals surface area contributed by atoms with Crippen molar-refractivity contribution >= 4 is 17.5 Å². The first-order chi connectivity index (χ1) is 6.20. The smallest absolute Gasteiger partial charge is 0.338 e. The summed E-state index contributed by atoms with van der Waals surface area (Å²) >= 11 is 1.25. The fourth-order valence-corrected chi connectivity index (χ4v) is 2.08. The molecule has 1 fully saturated rings. The first kappa shape index (κ1) is 11.9. The molecule has 0 amide bonds. The number of nitrogens with zero attached hydrogens (tertiary/aromatic N) is 1. The first-order valence-electron chi connectivity index (χ1n) is 3.97. The van der Waals surface area contributed by atoms with E-state index in [9.17, 15) is 4.79 Å². The molecule has 1 saturated heterocycles. The molecule has 2 heterocycles. The minimum atomic E-state index is -0.881. The van der Waals surface area contributed by atoms with Gasteiger partial charge in [0.15, 0.2) is 0 Å². The van der Waals surface area contributed by atoms with Crippen molar-refractivity contribution in [3.8, 4) is 0 Å². The molecular formula is C8H9AgNO3S. The second-order valence-electron chi connectivity index (χ2n) is 3.04. The van der Waals surface area contributed by atoms with E-state index in [1.807, 2.05) is 0 Å². The fraction of sp³-hybridized carbons (Fsp3) is 0.500. The van der Waals surface area contributed by atoms with Crippen LogP contribution >= 0.6 is 11.5 Å². The summed E-state index contributed by atoms with van der Waals surface area (Å²) in [6.07, 6.45) is 0. The molecule has 0 aromatic carbocycles. The fourth-order valence-electron chi connectivity index (χ4n) is 1.32. The maximum Gasteiger partial charge on any atom is 0.338 e. The molecule has 1 N–H and O–H groups in total. The quantitative estimate of drug-likeness (QED) is 0.836. The van der Waals surface area contributed by atoms with Crippen molar-refractivity contribution in [1.29, 1.82) is 0 Å². The van der Waals surface area contributed by atoms with Crippen LogP contribution in [0.5, 0.6) is 0 Å². The van der Waals surface area contributed by atoms with Gasteiger partial charge in [0.2, 0.25) is 0 Å². The van der Waals surface area contributed by atoms with Crippen molar-refractivity contribution in [2.24, 2.45) is 0 Å². The van der Waals surface area contributed by atoms with Gasteiger partial charge in [-0.2, -0.15) is 4.37 Å². The van der Waals surface area contributed by atoms with Gasteiger partial charge in [0, 0.05) is 27.3 Å². The minimum absolute atomic E-state index is 0. The summed E-state index contributed by atoms with van der Waals surface area (Å²) in [6.45, 7) is 2.98. The molecule has 1 radical (unpaired) electrons. The second-order valence-corrected chi connectivity index (χ2v) is 4.02. The van der Waals surface area contributed by atoms with Crippen LogP contribution in [0.4, 0.5) is 0 Å². The Morgan fingerprint density at radius 1 is 1.64 bits per heavy atom. The SMILES string of the molecule is Cc1snc(C2COC2)c1C(=O)O.[Ag]. The molecule has 81 valence electrons. The number of carboxylic acid groups (broad SMARTS) is 1. The number of hydrogen-bond donors (Lipinski definition) is 1. The van der Waals surface area contributed by atoms with Gasteiger partial charge in [-0.15, -0.1) is 0 Å². The van der Waals surface area contributed by atoms with Crippen LogP contribution < -0.4 is 0 Å². The van der Waals surface area contributed by atoms with Crippen LogP contribution in [0.3, 0.4) is 0 Å². The maximum absolute atomic E-state index is 10.9. The predicted molar refractivity (Wildman–Crippen MR) is 47.4 cm³/mol. The summed E-state index contributed by atoms with van der Waals surface area (Å²) in [5, 5.41) is 8.93. The zero-order chi connectivity index (χ0) is 9.42. The number of ether oxygens (including phenoxy) is 1. The van der Waals surface area contributed by atoms with Gasteiger partial charge in [0.05, 0.1) is 30.4 Å². The van der Waals surface area contributed by atoms with E-state index in [4.69, 9.17) is 9.84 Å². The molecule has 0 unspecified atom stereocenters. The Bertz CT molecular complexity index is 348. The Kier molecular flexibility index (Phi) is 3.86. The third-order valence-electron chi connectivity index (χ3n) is 2.13. The van der Waals surface area contributed by atoms with E-state index in [0.717, 1.165) is 4.88 Å². The Balaban J connectivity index is 0.000000980. The Labute approximate surface area is 101 Å². The number of rotatable bonds is 2. The van der Waals surface area contributed by atoms with Crippen molar-refractivity contribution in [2.45, 2.75) is 12.8 Å². The summed E-state index contributed by atoms with van der Waals surface area (Å²) in [5.74, 6) is -0.691. The molecule has 14 heavy (non-hydrogen) atoms. The van der Waals surface area contributed by atoms with Gasteiger partial charge in [-0.1, -0.05) is 0 Å². The van der Waals surface area contributed by atoms with Crippen LogP contribution in [0.15, 0.2) is 0 Å². The van der Waals surface area contributed by atoms with Crippen LogP contribution in [0, 0.1) is 6.92 Å². The second kappa shape index (κ2) is 4.55. The van der Waals surface area contributed by atoms with Gasteiger partial charge in [-0.05, 0) is 18.5 Å². The van der Waals surface area contributed by atoms with E-state index in [1.165, 1.54) is 11.5 Å². The summed E-state index contributed by atoms with van der Waals surface area (Å²) in [4.78, 5) is 11.6. The molecule has 6 heteroatoms. The molecule has 1 aromatic heterocycles. The minimum Gasteiger partial charge on any atom is -0.478 e. The molecule has 0 spiro atoms. The number of aromatic carboxylic acids is 1. The Morgan fingerprint density at radius 2 is 2.29 bits per heavy atom. The molecule has 2 rings (SSSR count). The number of aromatic nitrogens is 1. The molecule has 1 aliphatic heterocycles. The summed E-state index contributed by atoms with van der Waals surface area (Å²) in [6, 6.07) is 0. The average molecular weight is 307 g/mol. The summed E-state index contributed by atoms with van der Waals surface area (Å²) in [5.41, 5.74) is 1.07. The van der Waals surface area contributed by atoms with Gasteiger partial charge >= 0.3 is 5.97 Å². The molecule has 0 saturated carbocycles. The van der Waals surface area contributed by atoms with E-state index < -0.39 is 5.97 Å². The van der Waals surface area contributed by atoms with Crippen LogP contribution in [0.2, 0.25) is 0 Å². The summed E-state index contributed by atoms with van der Waals surface area (Å²) in [7, 11) is 0. The van der Waals surface area contributed by atoms with E-state index in [1.54, 1.807) is 6.92 Å². The predicted octanol–water partition coefficient (Wildman–Crippen LogP) is 1.26. The van der Waals surface area contributed by atoms with Crippen LogP contribution in [0.1, 0.15) is 26.8 Å². The van der Waals surface area contributed by atoms with E-state index in [0.29, 0.717) is 24.5 Å². The summed E-state index contributed by atoms with van der Waals surface area (Å²) < 4.78 is 9.14. The van der Waals surface area contributed by atoms with Gasteiger partial charge in [-0.3, -0.25) is 0 Å². The molecule has 0 atom stereocenters. The van der Waals surface area contributed by atoms with Crippen molar-refractivity contribution in [1.82, 2.24) is 4.37 Å². The first-order valence-corrected chi connectivity index (χ1v) is 4.74. The molecule has 0 bridgehead atoms. The number of aryl methyl sites for hydroxylation is 1. The van der Waals surface area contributed by atoms with Gasteiger partial charge in [0.25, 0.3) is 0 Å². The average Bonchev–Trinajstić information content (AvgIpc) is 2.28. The molecular weight excluding hydrogens is 298 g/mol. The zero-order valence-corrected chi connectivity index (χ0v) is 9.71. The van der Waals surface area contributed by atoms with E-state index in [2.05, 4.69) is 4.37 Å². The molecule has 1 aromatic rings. The normalized spacial score (nSPS) is 15.8. The van der Waals surface area contributed by atoms with Crippen molar-refractivity contribution in [3.63, 3.8) is 0 Å². The van der Waals surface area contributed by atoms with Crippen LogP contribution in [0.25, 0.3) is 0 Å². The number of carboxylic acids is 1. The zero-order valence-electron chi connectivity index (χ0n) is 7.41. The van der Waals surface area contributed by atoms with Crippen LogP contribution in [-0.4, -0.2) is 28.7 Å².